The molecule has 8 nitrogen and oxygen atoms in total. The van der Waals surface area contributed by atoms with Crippen LogP contribution in [0.5, 0.6) is 0 Å². The van der Waals surface area contributed by atoms with Gasteiger partial charge in [-0.05, 0) is 19.9 Å². The molecule has 0 saturated carbocycles. The number of hydrogen-bond acceptors (Lipinski definition) is 8. The summed E-state index contributed by atoms with van der Waals surface area (Å²) in [5.41, 5.74) is 2.64. The Morgan fingerprint density at radius 1 is 1.23 bits per heavy atom. The average molecular weight is 385 g/mol. The summed E-state index contributed by atoms with van der Waals surface area (Å²) in [4.78, 5) is 16.7. The first kappa shape index (κ1) is 16.9. The largest absolute Gasteiger partial charge is 0.324 e. The lowest BCUT2D eigenvalue weighted by Gasteiger charge is -2.03. The van der Waals surface area contributed by atoms with Gasteiger partial charge >= 0.3 is 0 Å². The first-order valence-electron chi connectivity index (χ1n) is 8.00. The highest BCUT2D eigenvalue weighted by Crippen LogP contribution is 2.27. The molecule has 0 spiro atoms. The van der Waals surface area contributed by atoms with Gasteiger partial charge in [-0.25, -0.2) is 4.98 Å². The van der Waals surface area contributed by atoms with Crippen LogP contribution in [0.3, 0.4) is 0 Å². The van der Waals surface area contributed by atoms with E-state index in [1.54, 1.807) is 0 Å². The molecule has 0 bridgehead atoms. The predicted molar refractivity (Wildman–Crippen MR) is 103 cm³/mol. The minimum absolute atomic E-state index is 0.175. The lowest BCUT2D eigenvalue weighted by molar-refractivity contribution is -0.113. The average Bonchev–Trinajstić information content (AvgIpc) is 3.20. The first-order valence-corrected chi connectivity index (χ1v) is 9.80. The fourth-order valence-corrected chi connectivity index (χ4v) is 3.89. The summed E-state index contributed by atoms with van der Waals surface area (Å²) in [6.45, 7) is 4.69. The zero-order valence-electron chi connectivity index (χ0n) is 14.1. The number of rotatable bonds is 5. The molecule has 26 heavy (non-hydrogen) atoms. The van der Waals surface area contributed by atoms with Crippen molar-refractivity contribution >= 4 is 56.2 Å². The number of benzene rings is 1. The maximum absolute atomic E-state index is 12.0. The Labute approximate surface area is 157 Å². The van der Waals surface area contributed by atoms with Gasteiger partial charge in [0.15, 0.2) is 5.65 Å². The molecule has 1 aromatic carbocycles. The van der Waals surface area contributed by atoms with Gasteiger partial charge in [0.1, 0.15) is 10.5 Å². The van der Waals surface area contributed by atoms with Gasteiger partial charge in [-0.15, -0.1) is 20.4 Å². The molecule has 3 heterocycles. The van der Waals surface area contributed by atoms with Crippen molar-refractivity contribution in [1.82, 2.24) is 29.9 Å². The fourth-order valence-electron chi connectivity index (χ4n) is 2.70. The third-order valence-electron chi connectivity index (χ3n) is 3.78. The van der Waals surface area contributed by atoms with Crippen molar-refractivity contribution in [2.24, 2.45) is 0 Å². The second-order valence-corrected chi connectivity index (χ2v) is 7.62. The molecule has 1 amide bonds. The van der Waals surface area contributed by atoms with Gasteiger partial charge in [0.05, 0.1) is 11.3 Å². The zero-order chi connectivity index (χ0) is 18.1. The molecule has 4 aromatic rings. The van der Waals surface area contributed by atoms with E-state index in [9.17, 15) is 4.79 Å². The standard InChI is InChI=1S/C16H15N7OS2/c1-3-23-11-7-5-4-6-10(11)13-14(23)18-15(21-20-13)25-8-12(24)17-16-22-19-9(2)26-16/h4-7H,3,8H2,1-2H3,(H,17,22,24). The maximum atomic E-state index is 12.0. The Balaban J connectivity index is 1.55. The highest BCUT2D eigenvalue weighted by atomic mass is 32.2. The lowest BCUT2D eigenvalue weighted by atomic mass is 10.2. The molecule has 10 heteroatoms. The Morgan fingerprint density at radius 3 is 2.85 bits per heavy atom. The summed E-state index contributed by atoms with van der Waals surface area (Å²) in [6.07, 6.45) is 0. The third kappa shape index (κ3) is 3.13. The molecule has 4 rings (SSSR count). The number of hydrogen-bond donors (Lipinski definition) is 1. The molecule has 0 fully saturated rings. The van der Waals surface area contributed by atoms with Crippen LogP contribution in [0.15, 0.2) is 29.4 Å². The van der Waals surface area contributed by atoms with Crippen LogP contribution in [-0.4, -0.2) is 41.6 Å². The topological polar surface area (TPSA) is 98.5 Å². The van der Waals surface area contributed by atoms with Gasteiger partial charge in [0.25, 0.3) is 0 Å². The number of carbonyl (C=O) groups is 1. The van der Waals surface area contributed by atoms with E-state index >= 15 is 0 Å². The van der Waals surface area contributed by atoms with Crippen LogP contribution < -0.4 is 5.32 Å². The minimum Gasteiger partial charge on any atom is -0.324 e. The van der Waals surface area contributed by atoms with Gasteiger partial charge in [-0.2, -0.15) is 0 Å². The van der Waals surface area contributed by atoms with Crippen molar-refractivity contribution in [2.45, 2.75) is 25.5 Å². The molecule has 132 valence electrons. The number of carbonyl (C=O) groups excluding carboxylic acids is 1. The number of thioether (sulfide) groups is 1. The van der Waals surface area contributed by atoms with E-state index in [1.807, 2.05) is 31.2 Å². The summed E-state index contributed by atoms with van der Waals surface area (Å²) in [5, 5.41) is 21.8. The number of aryl methyl sites for hydroxylation is 2. The Morgan fingerprint density at radius 2 is 2.08 bits per heavy atom. The normalized spacial score (nSPS) is 11.3. The number of nitrogens with zero attached hydrogens (tertiary/aromatic N) is 6. The molecule has 0 aliphatic heterocycles. The van der Waals surface area contributed by atoms with Crippen molar-refractivity contribution in [3.8, 4) is 0 Å². The molecule has 0 radical (unpaired) electrons. The molecule has 0 aliphatic carbocycles. The Bertz CT molecular complexity index is 1100. The summed E-state index contributed by atoms with van der Waals surface area (Å²) >= 11 is 2.58. The van der Waals surface area contributed by atoms with E-state index in [0.717, 1.165) is 33.6 Å². The number of nitrogens with one attached hydrogen (secondary N) is 1. The molecule has 0 unspecified atom stereocenters. The van der Waals surface area contributed by atoms with E-state index in [-0.39, 0.29) is 11.7 Å². The molecule has 0 aliphatic rings. The van der Waals surface area contributed by atoms with Gasteiger partial charge in [0.2, 0.25) is 16.2 Å². The minimum atomic E-state index is -0.175. The molecule has 0 saturated heterocycles. The van der Waals surface area contributed by atoms with Crippen LogP contribution in [0.25, 0.3) is 22.1 Å². The van der Waals surface area contributed by atoms with Crippen molar-refractivity contribution in [2.75, 3.05) is 11.1 Å². The summed E-state index contributed by atoms with van der Waals surface area (Å²) in [5.74, 6) is 0.00363. The molecule has 3 aromatic heterocycles. The van der Waals surface area contributed by atoms with E-state index in [1.165, 1.54) is 23.1 Å². The van der Waals surface area contributed by atoms with Crippen LogP contribution in [0.1, 0.15) is 11.9 Å². The number of fused-ring (bicyclic) bond motifs is 3. The Hall–Kier alpha value is -2.59. The second kappa shape index (κ2) is 6.96. The molecule has 0 atom stereocenters. The van der Waals surface area contributed by atoms with Gasteiger partial charge < -0.3 is 4.57 Å². The number of anilines is 1. The van der Waals surface area contributed by atoms with Crippen molar-refractivity contribution in [3.05, 3.63) is 29.3 Å². The van der Waals surface area contributed by atoms with E-state index in [2.05, 4.69) is 42.2 Å². The van der Waals surface area contributed by atoms with E-state index in [4.69, 9.17) is 0 Å². The van der Waals surface area contributed by atoms with Gasteiger partial charge in [0, 0.05) is 11.9 Å². The summed E-state index contributed by atoms with van der Waals surface area (Å²) < 4.78 is 2.10. The quantitative estimate of drug-likeness (QED) is 0.527. The van der Waals surface area contributed by atoms with Gasteiger partial charge in [-0.1, -0.05) is 41.3 Å². The van der Waals surface area contributed by atoms with Crippen LogP contribution >= 0.6 is 23.1 Å². The monoisotopic (exact) mass is 385 g/mol. The summed E-state index contributed by atoms with van der Waals surface area (Å²) in [6, 6.07) is 8.04. The molecular formula is C16H15N7OS2. The molecular weight excluding hydrogens is 370 g/mol. The number of aromatic nitrogens is 6. The number of para-hydroxylation sites is 1. The first-order chi connectivity index (χ1) is 12.7. The van der Waals surface area contributed by atoms with Crippen LogP contribution in [0.2, 0.25) is 0 Å². The van der Waals surface area contributed by atoms with Crippen LogP contribution in [0.4, 0.5) is 5.13 Å². The SMILES string of the molecule is CCn1c2ccccc2c2nnc(SCC(=O)Nc3nnc(C)s3)nc21. The van der Waals surface area contributed by atoms with E-state index in [0.29, 0.717) is 10.3 Å². The Kier molecular flexibility index (Phi) is 4.51. The maximum Gasteiger partial charge on any atom is 0.236 e. The fraction of sp³-hybridized carbons (Fsp3) is 0.250. The highest BCUT2D eigenvalue weighted by molar-refractivity contribution is 7.99. The van der Waals surface area contributed by atoms with Crippen LogP contribution in [0, 0.1) is 6.92 Å². The van der Waals surface area contributed by atoms with Crippen molar-refractivity contribution in [1.29, 1.82) is 0 Å². The summed E-state index contributed by atoms with van der Waals surface area (Å²) in [7, 11) is 0. The number of amides is 1. The van der Waals surface area contributed by atoms with E-state index < -0.39 is 0 Å². The zero-order valence-corrected chi connectivity index (χ0v) is 15.8. The lowest BCUT2D eigenvalue weighted by Crippen LogP contribution is -2.14. The predicted octanol–water partition coefficient (Wildman–Crippen LogP) is 2.89. The van der Waals surface area contributed by atoms with Crippen molar-refractivity contribution in [3.63, 3.8) is 0 Å². The highest BCUT2D eigenvalue weighted by Gasteiger charge is 2.15. The smallest absolute Gasteiger partial charge is 0.236 e. The second-order valence-electron chi connectivity index (χ2n) is 5.49. The molecule has 1 N–H and O–H groups in total. The third-order valence-corrected chi connectivity index (χ3v) is 5.37. The van der Waals surface area contributed by atoms with Gasteiger partial charge in [-0.3, -0.25) is 10.1 Å². The van der Waals surface area contributed by atoms with Crippen molar-refractivity contribution < 1.29 is 4.79 Å². The van der Waals surface area contributed by atoms with Crippen LogP contribution in [-0.2, 0) is 11.3 Å².